The molecule has 0 saturated carbocycles. The van der Waals surface area contributed by atoms with Crippen LogP contribution in [0.2, 0.25) is 0 Å². The van der Waals surface area contributed by atoms with Crippen molar-refractivity contribution >= 4 is 11.0 Å². The Hall–Kier alpha value is -3.25. The van der Waals surface area contributed by atoms with Gasteiger partial charge in [0.05, 0.1) is 11.4 Å². The Kier molecular flexibility index (Phi) is 4.69. The van der Waals surface area contributed by atoms with E-state index in [-0.39, 0.29) is 0 Å². The molecule has 0 aliphatic carbocycles. The molecule has 0 N–H and O–H groups in total. The van der Waals surface area contributed by atoms with Gasteiger partial charge < -0.3 is 9.64 Å². The maximum absolute atomic E-state index is 5.91. The van der Waals surface area contributed by atoms with E-state index < -0.39 is 0 Å². The van der Waals surface area contributed by atoms with Gasteiger partial charge in [0.15, 0.2) is 5.65 Å². The Bertz CT molecular complexity index is 1110. The zero-order valence-electron chi connectivity index (χ0n) is 16.4. The minimum absolute atomic E-state index is 0.349. The molecule has 2 aromatic carbocycles. The second kappa shape index (κ2) is 7.64. The van der Waals surface area contributed by atoms with Crippen LogP contribution in [0.15, 0.2) is 67.1 Å². The first kappa shape index (κ1) is 17.8. The van der Waals surface area contributed by atoms with Crippen LogP contribution >= 0.6 is 0 Å². The number of ether oxygens (including phenoxy) is 1. The molecule has 6 nitrogen and oxygen atoms in total. The standard InChI is InChI=1S/C23H23N5O/c1-2-27-13-12-18(15-27)28-23-21(14-24-16-25-23)22(26-28)17-8-10-20(11-9-17)29-19-6-4-3-5-7-19/h3-11,14,16,18H,2,12-13,15H2,1H3/t18-/m1/s1. The van der Waals surface area contributed by atoms with E-state index in [1.54, 1.807) is 6.33 Å². The number of hydrogen-bond acceptors (Lipinski definition) is 5. The maximum atomic E-state index is 5.91. The number of para-hydroxylation sites is 1. The number of fused-ring (bicyclic) bond motifs is 1. The summed E-state index contributed by atoms with van der Waals surface area (Å²) in [5, 5.41) is 5.96. The average Bonchev–Trinajstić information content (AvgIpc) is 3.40. The predicted octanol–water partition coefficient (Wildman–Crippen LogP) is 4.55. The molecule has 6 heteroatoms. The molecule has 1 saturated heterocycles. The second-order valence-corrected chi connectivity index (χ2v) is 7.33. The highest BCUT2D eigenvalue weighted by Gasteiger charge is 2.26. The number of aromatic nitrogens is 4. The number of nitrogens with zero attached hydrogens (tertiary/aromatic N) is 5. The lowest BCUT2D eigenvalue weighted by Crippen LogP contribution is -2.21. The van der Waals surface area contributed by atoms with Crippen LogP contribution in [0.5, 0.6) is 11.5 Å². The van der Waals surface area contributed by atoms with Crippen LogP contribution in [-0.4, -0.2) is 44.3 Å². The van der Waals surface area contributed by atoms with Gasteiger partial charge in [0.2, 0.25) is 0 Å². The van der Waals surface area contributed by atoms with E-state index in [2.05, 4.69) is 26.5 Å². The van der Waals surface area contributed by atoms with Gasteiger partial charge in [-0.1, -0.05) is 25.1 Å². The molecule has 29 heavy (non-hydrogen) atoms. The molecule has 1 fully saturated rings. The highest BCUT2D eigenvalue weighted by Crippen LogP contribution is 2.32. The third-order valence-electron chi connectivity index (χ3n) is 5.52. The van der Waals surface area contributed by atoms with Crippen molar-refractivity contribution in [1.82, 2.24) is 24.6 Å². The van der Waals surface area contributed by atoms with Gasteiger partial charge in [0, 0.05) is 24.8 Å². The normalized spacial score (nSPS) is 17.1. The van der Waals surface area contributed by atoms with Gasteiger partial charge >= 0.3 is 0 Å². The summed E-state index contributed by atoms with van der Waals surface area (Å²) < 4.78 is 8.01. The van der Waals surface area contributed by atoms with Crippen LogP contribution in [0.25, 0.3) is 22.3 Å². The Labute approximate surface area is 169 Å². The van der Waals surface area contributed by atoms with Gasteiger partial charge in [-0.15, -0.1) is 0 Å². The molecule has 146 valence electrons. The zero-order chi connectivity index (χ0) is 19.6. The molecule has 0 amide bonds. The van der Waals surface area contributed by atoms with E-state index in [0.29, 0.717) is 6.04 Å². The number of likely N-dealkylation sites (tertiary alicyclic amines) is 1. The van der Waals surface area contributed by atoms with Crippen LogP contribution in [0.1, 0.15) is 19.4 Å². The van der Waals surface area contributed by atoms with Gasteiger partial charge in [-0.05, 0) is 49.4 Å². The zero-order valence-corrected chi connectivity index (χ0v) is 16.4. The van der Waals surface area contributed by atoms with Crippen molar-refractivity contribution in [3.05, 3.63) is 67.1 Å². The van der Waals surface area contributed by atoms with Crippen molar-refractivity contribution in [1.29, 1.82) is 0 Å². The summed E-state index contributed by atoms with van der Waals surface area (Å²) in [5.41, 5.74) is 2.86. The number of rotatable bonds is 5. The highest BCUT2D eigenvalue weighted by atomic mass is 16.5. The molecule has 2 aromatic heterocycles. The van der Waals surface area contributed by atoms with Crippen LogP contribution < -0.4 is 4.74 Å². The smallest absolute Gasteiger partial charge is 0.162 e. The summed E-state index contributed by atoms with van der Waals surface area (Å²) in [7, 11) is 0. The van der Waals surface area contributed by atoms with Gasteiger partial charge in [0.1, 0.15) is 23.5 Å². The van der Waals surface area contributed by atoms with Crippen molar-refractivity contribution in [2.45, 2.75) is 19.4 Å². The van der Waals surface area contributed by atoms with Crippen LogP contribution in [-0.2, 0) is 0 Å². The van der Waals surface area contributed by atoms with Crippen LogP contribution in [0, 0.1) is 0 Å². The quantitative estimate of drug-likeness (QED) is 0.504. The van der Waals surface area contributed by atoms with E-state index in [1.807, 2.05) is 60.8 Å². The topological polar surface area (TPSA) is 56.1 Å². The van der Waals surface area contributed by atoms with E-state index in [1.165, 1.54) is 0 Å². The van der Waals surface area contributed by atoms with E-state index in [0.717, 1.165) is 59.8 Å². The molecule has 5 rings (SSSR count). The first-order valence-electron chi connectivity index (χ1n) is 10.1. The monoisotopic (exact) mass is 385 g/mol. The first-order valence-corrected chi connectivity index (χ1v) is 10.1. The fourth-order valence-corrected chi connectivity index (χ4v) is 3.95. The van der Waals surface area contributed by atoms with Crippen molar-refractivity contribution in [3.63, 3.8) is 0 Å². The first-order chi connectivity index (χ1) is 14.3. The summed E-state index contributed by atoms with van der Waals surface area (Å²) in [6, 6.07) is 18.2. The van der Waals surface area contributed by atoms with Crippen molar-refractivity contribution < 1.29 is 4.74 Å². The molecule has 1 aliphatic rings. The highest BCUT2D eigenvalue weighted by molar-refractivity contribution is 5.90. The van der Waals surface area contributed by atoms with Gasteiger partial charge in [-0.25, -0.2) is 14.6 Å². The summed E-state index contributed by atoms with van der Waals surface area (Å²) in [6.45, 7) is 5.39. The molecule has 1 atom stereocenters. The van der Waals surface area contributed by atoms with Gasteiger partial charge in [0.25, 0.3) is 0 Å². The minimum Gasteiger partial charge on any atom is -0.457 e. The number of likely N-dealkylation sites (N-methyl/N-ethyl adjacent to an activating group) is 1. The Morgan fingerprint density at radius 3 is 2.59 bits per heavy atom. The summed E-state index contributed by atoms with van der Waals surface area (Å²) in [6.07, 6.45) is 4.56. The molecule has 0 radical (unpaired) electrons. The SMILES string of the molecule is CCN1CC[C@@H](n2nc(-c3ccc(Oc4ccccc4)cc3)c3cncnc32)C1. The molecule has 3 heterocycles. The Morgan fingerprint density at radius 1 is 1.03 bits per heavy atom. The number of hydrogen-bond donors (Lipinski definition) is 0. The van der Waals surface area contributed by atoms with Crippen molar-refractivity contribution in [3.8, 4) is 22.8 Å². The van der Waals surface area contributed by atoms with E-state index in [4.69, 9.17) is 9.84 Å². The molecular weight excluding hydrogens is 362 g/mol. The van der Waals surface area contributed by atoms with Crippen molar-refractivity contribution in [2.24, 2.45) is 0 Å². The van der Waals surface area contributed by atoms with Gasteiger partial charge in [-0.3, -0.25) is 0 Å². The lowest BCUT2D eigenvalue weighted by atomic mass is 10.1. The van der Waals surface area contributed by atoms with Gasteiger partial charge in [-0.2, -0.15) is 5.10 Å². The van der Waals surface area contributed by atoms with Crippen LogP contribution in [0.4, 0.5) is 0 Å². The van der Waals surface area contributed by atoms with Crippen molar-refractivity contribution in [2.75, 3.05) is 19.6 Å². The molecule has 0 bridgehead atoms. The fraction of sp³-hybridized carbons (Fsp3) is 0.261. The molecular formula is C23H23N5O. The molecule has 4 aromatic rings. The lowest BCUT2D eigenvalue weighted by molar-refractivity contribution is 0.337. The van der Waals surface area contributed by atoms with E-state index >= 15 is 0 Å². The summed E-state index contributed by atoms with van der Waals surface area (Å²) in [5.74, 6) is 1.62. The summed E-state index contributed by atoms with van der Waals surface area (Å²) in [4.78, 5) is 11.2. The number of benzene rings is 2. The molecule has 0 spiro atoms. The largest absolute Gasteiger partial charge is 0.457 e. The van der Waals surface area contributed by atoms with E-state index in [9.17, 15) is 0 Å². The Morgan fingerprint density at radius 2 is 1.83 bits per heavy atom. The average molecular weight is 385 g/mol. The molecule has 0 unspecified atom stereocenters. The summed E-state index contributed by atoms with van der Waals surface area (Å²) >= 11 is 0. The fourth-order valence-electron chi connectivity index (χ4n) is 3.95. The molecule has 1 aliphatic heterocycles. The lowest BCUT2D eigenvalue weighted by Gasteiger charge is -2.13. The Balaban J connectivity index is 1.47. The minimum atomic E-state index is 0.349. The predicted molar refractivity (Wildman–Crippen MR) is 113 cm³/mol. The third kappa shape index (κ3) is 3.47. The van der Waals surface area contributed by atoms with Crippen LogP contribution in [0.3, 0.4) is 0 Å². The second-order valence-electron chi connectivity index (χ2n) is 7.33. The third-order valence-corrected chi connectivity index (χ3v) is 5.52. The maximum Gasteiger partial charge on any atom is 0.162 e.